The van der Waals surface area contributed by atoms with Gasteiger partial charge in [0, 0.05) is 48.9 Å². The number of aromatic nitrogens is 1. The Morgan fingerprint density at radius 3 is 2.54 bits per heavy atom. The van der Waals surface area contributed by atoms with E-state index in [9.17, 15) is 9.59 Å². The number of fused-ring (bicyclic) bond motifs is 1. The molecule has 26 heavy (non-hydrogen) atoms. The maximum atomic E-state index is 12.3. The molecule has 1 aromatic heterocycles. The maximum Gasteiger partial charge on any atom is 0.225 e. The molecular weight excluding hydrogens is 348 g/mol. The van der Waals surface area contributed by atoms with Crippen LogP contribution in [0.15, 0.2) is 0 Å². The van der Waals surface area contributed by atoms with Crippen LogP contribution in [-0.2, 0) is 22.4 Å². The Hall–Kier alpha value is -1.63. The SMILES string of the molecule is CC(C)C(=O)N1CCN(c2nc3c(s2)CC(C(=O)NC2CC2)CC3)CC1. The van der Waals surface area contributed by atoms with Crippen LogP contribution in [0.3, 0.4) is 0 Å². The van der Waals surface area contributed by atoms with E-state index in [1.165, 1.54) is 10.6 Å². The molecule has 2 amide bonds. The highest BCUT2D eigenvalue weighted by atomic mass is 32.1. The normalized spacial score (nSPS) is 23.1. The van der Waals surface area contributed by atoms with Gasteiger partial charge in [0.15, 0.2) is 5.13 Å². The maximum absolute atomic E-state index is 12.3. The van der Waals surface area contributed by atoms with E-state index in [1.54, 1.807) is 11.3 Å². The van der Waals surface area contributed by atoms with Gasteiger partial charge in [-0.05, 0) is 32.1 Å². The molecule has 3 aliphatic rings. The summed E-state index contributed by atoms with van der Waals surface area (Å²) in [7, 11) is 0. The predicted molar refractivity (Wildman–Crippen MR) is 102 cm³/mol. The van der Waals surface area contributed by atoms with E-state index in [4.69, 9.17) is 4.98 Å². The molecule has 1 N–H and O–H groups in total. The van der Waals surface area contributed by atoms with Gasteiger partial charge < -0.3 is 15.1 Å². The molecule has 142 valence electrons. The van der Waals surface area contributed by atoms with E-state index in [0.717, 1.165) is 63.4 Å². The molecule has 1 aromatic rings. The third-order valence-corrected chi connectivity index (χ3v) is 6.76. The van der Waals surface area contributed by atoms with E-state index >= 15 is 0 Å². The van der Waals surface area contributed by atoms with E-state index in [1.807, 2.05) is 18.7 Å². The molecule has 1 saturated heterocycles. The average molecular weight is 377 g/mol. The quantitative estimate of drug-likeness (QED) is 0.871. The largest absolute Gasteiger partial charge is 0.353 e. The van der Waals surface area contributed by atoms with Crippen LogP contribution >= 0.6 is 11.3 Å². The van der Waals surface area contributed by atoms with Crippen molar-refractivity contribution in [3.63, 3.8) is 0 Å². The number of anilines is 1. The number of hydrogen-bond donors (Lipinski definition) is 1. The molecule has 4 rings (SSSR count). The first-order valence-corrected chi connectivity index (χ1v) is 10.7. The highest BCUT2D eigenvalue weighted by molar-refractivity contribution is 7.15. The van der Waals surface area contributed by atoms with E-state index in [-0.39, 0.29) is 23.7 Å². The summed E-state index contributed by atoms with van der Waals surface area (Å²) in [6.45, 7) is 7.15. The van der Waals surface area contributed by atoms with Crippen molar-refractivity contribution < 1.29 is 9.59 Å². The third kappa shape index (κ3) is 3.72. The summed E-state index contributed by atoms with van der Waals surface area (Å²) in [6, 6.07) is 0.436. The highest BCUT2D eigenvalue weighted by Gasteiger charge is 2.32. The highest BCUT2D eigenvalue weighted by Crippen LogP contribution is 2.35. The van der Waals surface area contributed by atoms with E-state index in [2.05, 4.69) is 10.2 Å². The fourth-order valence-corrected chi connectivity index (χ4v) is 4.99. The molecule has 2 aliphatic carbocycles. The molecule has 0 radical (unpaired) electrons. The lowest BCUT2D eigenvalue weighted by molar-refractivity contribution is -0.134. The van der Waals surface area contributed by atoms with Crippen molar-refractivity contribution in [2.45, 2.75) is 52.0 Å². The minimum absolute atomic E-state index is 0.0624. The monoisotopic (exact) mass is 376 g/mol. The fraction of sp³-hybridized carbons (Fsp3) is 0.737. The van der Waals surface area contributed by atoms with Crippen molar-refractivity contribution >= 4 is 28.3 Å². The topological polar surface area (TPSA) is 65.5 Å². The molecule has 1 aliphatic heterocycles. The first-order chi connectivity index (χ1) is 12.5. The zero-order chi connectivity index (χ0) is 18.3. The number of rotatable bonds is 4. The fourth-order valence-electron chi connectivity index (χ4n) is 3.75. The van der Waals surface area contributed by atoms with Gasteiger partial charge in [-0.3, -0.25) is 9.59 Å². The molecule has 2 heterocycles. The molecular formula is C19H28N4O2S. The van der Waals surface area contributed by atoms with Crippen molar-refractivity contribution in [3.05, 3.63) is 10.6 Å². The zero-order valence-corrected chi connectivity index (χ0v) is 16.5. The van der Waals surface area contributed by atoms with Gasteiger partial charge in [-0.2, -0.15) is 0 Å². The number of carbonyl (C=O) groups excluding carboxylic acids is 2. The van der Waals surface area contributed by atoms with Crippen LogP contribution in [0, 0.1) is 11.8 Å². The van der Waals surface area contributed by atoms with Gasteiger partial charge in [-0.15, -0.1) is 11.3 Å². The van der Waals surface area contributed by atoms with Crippen LogP contribution in [-0.4, -0.2) is 53.9 Å². The van der Waals surface area contributed by atoms with Gasteiger partial charge >= 0.3 is 0 Å². The molecule has 6 nitrogen and oxygen atoms in total. The Morgan fingerprint density at radius 1 is 1.15 bits per heavy atom. The lowest BCUT2D eigenvalue weighted by Gasteiger charge is -2.35. The molecule has 1 atom stereocenters. The van der Waals surface area contributed by atoms with Gasteiger partial charge in [0.1, 0.15) is 0 Å². The number of nitrogens with zero attached hydrogens (tertiary/aromatic N) is 3. The second kappa shape index (κ2) is 7.18. The van der Waals surface area contributed by atoms with Gasteiger partial charge in [-0.1, -0.05) is 13.8 Å². The summed E-state index contributed by atoms with van der Waals surface area (Å²) in [5.41, 5.74) is 1.18. The summed E-state index contributed by atoms with van der Waals surface area (Å²) in [4.78, 5) is 34.9. The standard InChI is InChI=1S/C19H28N4O2S/c1-12(2)18(25)22-7-9-23(10-8-22)19-21-15-6-3-13(11-16(15)26-19)17(24)20-14-4-5-14/h12-14H,3-11H2,1-2H3,(H,20,24). The molecule has 0 aromatic carbocycles. The van der Waals surface area contributed by atoms with Crippen molar-refractivity contribution in [3.8, 4) is 0 Å². The minimum Gasteiger partial charge on any atom is -0.353 e. The summed E-state index contributed by atoms with van der Waals surface area (Å²) in [5.74, 6) is 0.644. The summed E-state index contributed by atoms with van der Waals surface area (Å²) >= 11 is 1.74. The van der Waals surface area contributed by atoms with Gasteiger partial charge in [-0.25, -0.2) is 4.98 Å². The second-order valence-corrected chi connectivity index (χ2v) is 9.12. The van der Waals surface area contributed by atoms with E-state index in [0.29, 0.717) is 6.04 Å². The van der Waals surface area contributed by atoms with Crippen LogP contribution in [0.1, 0.15) is 43.7 Å². The van der Waals surface area contributed by atoms with Crippen molar-refractivity contribution in [2.75, 3.05) is 31.1 Å². The first kappa shape index (κ1) is 17.8. The number of aryl methyl sites for hydroxylation is 1. The third-order valence-electron chi connectivity index (χ3n) is 5.58. The summed E-state index contributed by atoms with van der Waals surface area (Å²) in [6.07, 6.45) is 4.92. The molecule has 2 fully saturated rings. The van der Waals surface area contributed by atoms with Crippen LogP contribution in [0.2, 0.25) is 0 Å². The van der Waals surface area contributed by atoms with Gasteiger partial charge in [0.2, 0.25) is 11.8 Å². The summed E-state index contributed by atoms with van der Waals surface area (Å²) in [5, 5.41) is 4.21. The predicted octanol–water partition coefficient (Wildman–Crippen LogP) is 1.83. The van der Waals surface area contributed by atoms with Crippen LogP contribution in [0.5, 0.6) is 0 Å². The molecule has 1 unspecified atom stereocenters. The Bertz CT molecular complexity index is 690. The zero-order valence-electron chi connectivity index (χ0n) is 15.7. The Balaban J connectivity index is 1.36. The van der Waals surface area contributed by atoms with Crippen molar-refractivity contribution in [2.24, 2.45) is 11.8 Å². The van der Waals surface area contributed by atoms with Gasteiger partial charge in [0.25, 0.3) is 0 Å². The van der Waals surface area contributed by atoms with Crippen molar-refractivity contribution in [1.29, 1.82) is 0 Å². The molecule has 0 bridgehead atoms. The number of hydrogen-bond acceptors (Lipinski definition) is 5. The van der Waals surface area contributed by atoms with Crippen LogP contribution < -0.4 is 10.2 Å². The number of thiazole rings is 1. The van der Waals surface area contributed by atoms with E-state index < -0.39 is 0 Å². The first-order valence-electron chi connectivity index (χ1n) is 9.84. The average Bonchev–Trinajstić information content (AvgIpc) is 3.35. The second-order valence-electron chi connectivity index (χ2n) is 8.06. The molecule has 0 spiro atoms. The number of carbonyl (C=O) groups is 2. The number of nitrogens with one attached hydrogen (secondary N) is 1. The lowest BCUT2D eigenvalue weighted by atomic mass is 9.90. The van der Waals surface area contributed by atoms with Crippen LogP contribution in [0.25, 0.3) is 0 Å². The Morgan fingerprint density at radius 2 is 1.88 bits per heavy atom. The number of amides is 2. The minimum atomic E-state index is 0.0624. The smallest absolute Gasteiger partial charge is 0.225 e. The Labute approximate surface area is 159 Å². The number of piperazine rings is 1. The van der Waals surface area contributed by atoms with Gasteiger partial charge in [0.05, 0.1) is 5.69 Å². The van der Waals surface area contributed by atoms with Crippen LogP contribution in [0.4, 0.5) is 5.13 Å². The lowest BCUT2D eigenvalue weighted by Crippen LogP contribution is -2.49. The van der Waals surface area contributed by atoms with Crippen molar-refractivity contribution in [1.82, 2.24) is 15.2 Å². The molecule has 1 saturated carbocycles. The molecule has 7 heteroatoms. The Kier molecular flexibility index (Phi) is 4.90. The summed E-state index contributed by atoms with van der Waals surface area (Å²) < 4.78 is 0.